The second kappa shape index (κ2) is 4.93. The second-order valence-corrected chi connectivity index (χ2v) is 6.46. The van der Waals surface area contributed by atoms with Gasteiger partial charge in [0.25, 0.3) is 5.56 Å². The van der Waals surface area contributed by atoms with E-state index in [0.29, 0.717) is 10.6 Å². The molecule has 106 valence electrons. The van der Waals surface area contributed by atoms with E-state index in [1.807, 2.05) is 12.1 Å². The van der Waals surface area contributed by atoms with Gasteiger partial charge in [-0.1, -0.05) is 11.6 Å². The predicted molar refractivity (Wildman–Crippen MR) is 87.8 cm³/mol. The van der Waals surface area contributed by atoms with Gasteiger partial charge in [-0.3, -0.25) is 14.9 Å². The van der Waals surface area contributed by atoms with Crippen molar-refractivity contribution in [2.24, 2.45) is 4.99 Å². The summed E-state index contributed by atoms with van der Waals surface area (Å²) < 4.78 is 1.55. The van der Waals surface area contributed by atoms with E-state index in [2.05, 4.69) is 15.5 Å². The molecular formula is C15H12ClN3OS. The van der Waals surface area contributed by atoms with E-state index in [0.717, 1.165) is 29.1 Å². The topological polar surface area (TPSA) is 50.1 Å². The number of aliphatic imine (C=N–C) groups is 1. The monoisotopic (exact) mass is 317 g/mol. The molecule has 0 aliphatic carbocycles. The first-order valence-electron chi connectivity index (χ1n) is 6.70. The molecule has 4 rings (SSSR count). The fraction of sp³-hybridized carbons (Fsp3) is 0.200. The maximum absolute atomic E-state index is 12.5. The molecule has 1 atom stereocenters. The molecule has 0 saturated carbocycles. The standard InChI is InChI=1S/C15H12ClN3OS/c16-9-1-3-10(4-2-9)19-15(20)11-7-17-13-5-6-21-8-12(13)14(11)18-19/h1-4,7-8,13,18H,5-6H2. The predicted octanol–water partition coefficient (Wildman–Crippen LogP) is 3.10. The zero-order valence-electron chi connectivity index (χ0n) is 11.0. The number of hydrogen-bond donors (Lipinski definition) is 1. The Hall–Kier alpha value is -1.72. The third-order valence-electron chi connectivity index (χ3n) is 3.76. The molecule has 1 unspecified atom stereocenters. The van der Waals surface area contributed by atoms with Crippen molar-refractivity contribution >= 4 is 35.2 Å². The number of hydrogen-bond acceptors (Lipinski definition) is 3. The van der Waals surface area contributed by atoms with Gasteiger partial charge >= 0.3 is 0 Å². The molecule has 21 heavy (non-hydrogen) atoms. The Labute approximate surface area is 130 Å². The minimum absolute atomic E-state index is 0.0778. The number of halogens is 1. The Balaban J connectivity index is 1.88. The summed E-state index contributed by atoms with van der Waals surface area (Å²) >= 11 is 7.67. The highest BCUT2D eigenvalue weighted by Gasteiger charge is 2.28. The van der Waals surface area contributed by atoms with Crippen molar-refractivity contribution < 1.29 is 0 Å². The molecule has 0 radical (unpaired) electrons. The molecule has 0 fully saturated rings. The summed E-state index contributed by atoms with van der Waals surface area (Å²) in [4.78, 5) is 17.1. The van der Waals surface area contributed by atoms with Gasteiger partial charge in [-0.25, -0.2) is 4.68 Å². The SMILES string of the molecule is O=c1c2c([nH]n1-c1ccc(Cl)cc1)C1=CSCCC1N=C2. The lowest BCUT2D eigenvalue weighted by Gasteiger charge is -2.22. The van der Waals surface area contributed by atoms with Crippen LogP contribution < -0.4 is 5.56 Å². The normalized spacial score (nSPS) is 19.9. The van der Waals surface area contributed by atoms with Crippen molar-refractivity contribution in [2.45, 2.75) is 12.5 Å². The molecule has 0 spiro atoms. The van der Waals surface area contributed by atoms with E-state index in [-0.39, 0.29) is 11.6 Å². The average Bonchev–Trinajstić information content (AvgIpc) is 2.86. The van der Waals surface area contributed by atoms with Crippen molar-refractivity contribution in [1.29, 1.82) is 0 Å². The Morgan fingerprint density at radius 3 is 2.95 bits per heavy atom. The average molecular weight is 318 g/mol. The number of aromatic amines is 1. The van der Waals surface area contributed by atoms with E-state index < -0.39 is 0 Å². The van der Waals surface area contributed by atoms with Gasteiger partial charge in [0.15, 0.2) is 0 Å². The lowest BCUT2D eigenvalue weighted by atomic mass is 9.98. The molecule has 6 heteroatoms. The van der Waals surface area contributed by atoms with Crippen LogP contribution in [-0.2, 0) is 0 Å². The van der Waals surface area contributed by atoms with Gasteiger partial charge in [0.2, 0.25) is 0 Å². The quantitative estimate of drug-likeness (QED) is 0.878. The molecule has 0 amide bonds. The molecule has 2 aliphatic rings. The largest absolute Gasteiger partial charge is 0.290 e. The molecule has 1 N–H and O–H groups in total. The van der Waals surface area contributed by atoms with E-state index in [1.165, 1.54) is 0 Å². The number of nitrogens with zero attached hydrogens (tertiary/aromatic N) is 2. The van der Waals surface area contributed by atoms with Gasteiger partial charge in [-0.15, -0.1) is 11.8 Å². The smallest absolute Gasteiger partial charge is 0.280 e. The van der Waals surface area contributed by atoms with Crippen LogP contribution in [0.1, 0.15) is 17.7 Å². The molecule has 0 bridgehead atoms. The Morgan fingerprint density at radius 2 is 2.14 bits per heavy atom. The van der Waals surface area contributed by atoms with Crippen LogP contribution in [0.25, 0.3) is 11.3 Å². The van der Waals surface area contributed by atoms with E-state index in [9.17, 15) is 4.79 Å². The molecule has 2 aliphatic heterocycles. The minimum Gasteiger partial charge on any atom is -0.290 e. The van der Waals surface area contributed by atoms with Gasteiger partial charge in [0, 0.05) is 16.8 Å². The summed E-state index contributed by atoms with van der Waals surface area (Å²) in [5, 5.41) is 5.99. The molecule has 1 aromatic carbocycles. The van der Waals surface area contributed by atoms with Gasteiger partial charge in [0.1, 0.15) is 0 Å². The zero-order valence-corrected chi connectivity index (χ0v) is 12.6. The van der Waals surface area contributed by atoms with E-state index in [4.69, 9.17) is 11.6 Å². The first kappa shape index (κ1) is 13.0. The van der Waals surface area contributed by atoms with Crippen molar-refractivity contribution in [3.05, 3.63) is 56.3 Å². The van der Waals surface area contributed by atoms with Crippen LogP contribution in [0.3, 0.4) is 0 Å². The summed E-state index contributed by atoms with van der Waals surface area (Å²) in [6.45, 7) is 0. The summed E-state index contributed by atoms with van der Waals surface area (Å²) in [6.07, 6.45) is 2.72. The van der Waals surface area contributed by atoms with Crippen LogP contribution >= 0.6 is 23.4 Å². The highest BCUT2D eigenvalue weighted by atomic mass is 35.5. The van der Waals surface area contributed by atoms with Crippen molar-refractivity contribution in [3.63, 3.8) is 0 Å². The molecule has 3 heterocycles. The number of H-pyrrole nitrogens is 1. The first-order valence-corrected chi connectivity index (χ1v) is 8.13. The van der Waals surface area contributed by atoms with Gasteiger partial charge in [-0.05, 0) is 41.8 Å². The van der Waals surface area contributed by atoms with Crippen molar-refractivity contribution in [1.82, 2.24) is 9.78 Å². The molecule has 1 aromatic heterocycles. The Morgan fingerprint density at radius 1 is 1.33 bits per heavy atom. The number of rotatable bonds is 1. The maximum Gasteiger partial charge on any atom is 0.280 e. The van der Waals surface area contributed by atoms with Crippen LogP contribution in [0.4, 0.5) is 0 Å². The second-order valence-electron chi connectivity index (χ2n) is 5.04. The lowest BCUT2D eigenvalue weighted by molar-refractivity contribution is 0.790. The number of fused-ring (bicyclic) bond motifs is 3. The zero-order chi connectivity index (χ0) is 14.4. The van der Waals surface area contributed by atoms with Crippen molar-refractivity contribution in [3.8, 4) is 5.69 Å². The van der Waals surface area contributed by atoms with Crippen LogP contribution in [0.5, 0.6) is 0 Å². The lowest BCUT2D eigenvalue weighted by Crippen LogP contribution is -2.20. The van der Waals surface area contributed by atoms with Gasteiger partial charge in [0.05, 0.1) is 23.0 Å². The third kappa shape index (κ3) is 2.08. The van der Waals surface area contributed by atoms with Crippen LogP contribution in [0.2, 0.25) is 5.02 Å². The molecule has 4 nitrogen and oxygen atoms in total. The highest BCUT2D eigenvalue weighted by molar-refractivity contribution is 8.02. The van der Waals surface area contributed by atoms with Gasteiger partial charge < -0.3 is 0 Å². The number of benzene rings is 1. The van der Waals surface area contributed by atoms with Crippen molar-refractivity contribution in [2.75, 3.05) is 5.75 Å². The van der Waals surface area contributed by atoms with E-state index >= 15 is 0 Å². The summed E-state index contributed by atoms with van der Waals surface area (Å²) in [6, 6.07) is 7.37. The number of thioether (sulfide) groups is 1. The van der Waals surface area contributed by atoms with E-state index in [1.54, 1.807) is 34.8 Å². The van der Waals surface area contributed by atoms with Crippen LogP contribution in [0.15, 0.2) is 39.5 Å². The minimum atomic E-state index is -0.0778. The molecule has 2 aromatic rings. The summed E-state index contributed by atoms with van der Waals surface area (Å²) in [7, 11) is 0. The Kier molecular flexibility index (Phi) is 3.05. The summed E-state index contributed by atoms with van der Waals surface area (Å²) in [5.41, 5.74) is 3.34. The Bertz CT molecular complexity index is 816. The molecular weight excluding hydrogens is 306 g/mol. The third-order valence-corrected chi connectivity index (χ3v) is 4.91. The molecule has 0 saturated heterocycles. The maximum atomic E-state index is 12.5. The van der Waals surface area contributed by atoms with Gasteiger partial charge in [-0.2, -0.15) is 0 Å². The number of aromatic nitrogens is 2. The summed E-state index contributed by atoms with van der Waals surface area (Å²) in [5.74, 6) is 1.07. The first-order chi connectivity index (χ1) is 10.2. The number of nitrogens with one attached hydrogen (secondary N) is 1. The highest BCUT2D eigenvalue weighted by Crippen LogP contribution is 2.34. The fourth-order valence-electron chi connectivity index (χ4n) is 2.67. The van der Waals surface area contributed by atoms with Crippen LogP contribution in [0, 0.1) is 0 Å². The van der Waals surface area contributed by atoms with Crippen LogP contribution in [-0.4, -0.2) is 27.8 Å². The fourth-order valence-corrected chi connectivity index (χ4v) is 3.73.